The van der Waals surface area contributed by atoms with Gasteiger partial charge in [0.15, 0.2) is 0 Å². The minimum atomic E-state index is -0.541. The number of pyridine rings is 1. The zero-order valence-electron chi connectivity index (χ0n) is 11.4. The van der Waals surface area contributed by atoms with Gasteiger partial charge in [-0.25, -0.2) is 0 Å². The normalized spacial score (nSPS) is 15.2. The van der Waals surface area contributed by atoms with Crippen LogP contribution in [0.1, 0.15) is 10.5 Å². The largest absolute Gasteiger partial charge is 0.375 e. The zero-order valence-corrected chi connectivity index (χ0v) is 11.4. The van der Waals surface area contributed by atoms with Crippen LogP contribution in [0.15, 0.2) is 18.3 Å². The first-order valence-corrected chi connectivity index (χ1v) is 6.39. The van der Waals surface area contributed by atoms with Crippen LogP contribution in [-0.4, -0.2) is 61.6 Å². The lowest BCUT2D eigenvalue weighted by Gasteiger charge is -2.36. The molecule has 1 aromatic rings. The molecule has 1 aromatic heterocycles. The molecule has 2 rings (SSSR count). The van der Waals surface area contributed by atoms with E-state index in [0.29, 0.717) is 26.2 Å². The molecule has 0 saturated carbocycles. The van der Waals surface area contributed by atoms with Crippen LogP contribution < -0.4 is 10.6 Å². The summed E-state index contributed by atoms with van der Waals surface area (Å²) in [5, 5.41) is 0. The monoisotopic (exact) mass is 278 g/mol. The Morgan fingerprint density at radius 3 is 2.65 bits per heavy atom. The van der Waals surface area contributed by atoms with Crippen molar-refractivity contribution in [2.75, 3.05) is 44.8 Å². The summed E-state index contributed by atoms with van der Waals surface area (Å²) in [6, 6.07) is 3.51. The van der Waals surface area contributed by atoms with E-state index in [1.165, 1.54) is 7.11 Å². The molecule has 0 aromatic carbocycles. The highest BCUT2D eigenvalue weighted by Gasteiger charge is 2.21. The molecule has 1 saturated heterocycles. The molecule has 0 radical (unpaired) electrons. The standard InChI is InChI=1S/C13H18N4O3/c1-20-9-12(18)17-6-4-16(5-7-17)10-2-3-15-11(8-10)13(14)19/h2-3,8H,4-7,9H2,1H3,(H2,14,19). The summed E-state index contributed by atoms with van der Waals surface area (Å²) < 4.78 is 4.85. The third-order valence-electron chi connectivity index (χ3n) is 3.26. The summed E-state index contributed by atoms with van der Waals surface area (Å²) in [5.41, 5.74) is 6.37. The molecule has 0 aliphatic carbocycles. The first-order valence-electron chi connectivity index (χ1n) is 6.39. The number of methoxy groups -OCH3 is 1. The Bertz CT molecular complexity index is 498. The van der Waals surface area contributed by atoms with Gasteiger partial charge in [-0.2, -0.15) is 0 Å². The molecule has 1 aliphatic heterocycles. The number of nitrogens with zero attached hydrogens (tertiary/aromatic N) is 3. The fourth-order valence-corrected chi connectivity index (χ4v) is 2.18. The van der Waals surface area contributed by atoms with Crippen molar-refractivity contribution < 1.29 is 14.3 Å². The van der Waals surface area contributed by atoms with Crippen LogP contribution in [0.25, 0.3) is 0 Å². The molecule has 108 valence electrons. The van der Waals surface area contributed by atoms with Crippen LogP contribution in [0.3, 0.4) is 0 Å². The van der Waals surface area contributed by atoms with Crippen molar-refractivity contribution in [3.05, 3.63) is 24.0 Å². The molecule has 2 N–H and O–H groups in total. The van der Waals surface area contributed by atoms with Gasteiger partial charge in [0.1, 0.15) is 12.3 Å². The number of rotatable bonds is 4. The lowest BCUT2D eigenvalue weighted by atomic mass is 10.2. The average molecular weight is 278 g/mol. The Balaban J connectivity index is 1.98. The van der Waals surface area contributed by atoms with Gasteiger partial charge in [-0.1, -0.05) is 0 Å². The van der Waals surface area contributed by atoms with Gasteiger partial charge in [0.05, 0.1) is 0 Å². The summed E-state index contributed by atoms with van der Waals surface area (Å²) >= 11 is 0. The predicted octanol–water partition coefficient (Wildman–Crippen LogP) is -0.524. The maximum Gasteiger partial charge on any atom is 0.267 e. The number of nitrogens with two attached hydrogens (primary N) is 1. The Morgan fingerprint density at radius 1 is 1.35 bits per heavy atom. The SMILES string of the molecule is COCC(=O)N1CCN(c2ccnc(C(N)=O)c2)CC1. The zero-order chi connectivity index (χ0) is 14.5. The van der Waals surface area contributed by atoms with E-state index in [9.17, 15) is 9.59 Å². The number of aromatic nitrogens is 1. The van der Waals surface area contributed by atoms with Gasteiger partial charge < -0.3 is 20.3 Å². The quantitative estimate of drug-likeness (QED) is 0.800. The highest BCUT2D eigenvalue weighted by atomic mass is 16.5. The van der Waals surface area contributed by atoms with Crippen LogP contribution in [0.5, 0.6) is 0 Å². The summed E-state index contributed by atoms with van der Waals surface area (Å²) in [4.78, 5) is 30.6. The molecule has 1 fully saturated rings. The second-order valence-electron chi connectivity index (χ2n) is 4.56. The highest BCUT2D eigenvalue weighted by molar-refractivity contribution is 5.91. The van der Waals surface area contributed by atoms with E-state index in [4.69, 9.17) is 10.5 Å². The van der Waals surface area contributed by atoms with Gasteiger partial charge in [-0.15, -0.1) is 0 Å². The Kier molecular flexibility index (Phi) is 4.52. The fourth-order valence-electron chi connectivity index (χ4n) is 2.18. The van der Waals surface area contributed by atoms with Crippen LogP contribution >= 0.6 is 0 Å². The summed E-state index contributed by atoms with van der Waals surface area (Å²) in [6.45, 7) is 2.79. The van der Waals surface area contributed by atoms with Crippen molar-refractivity contribution in [2.45, 2.75) is 0 Å². The first kappa shape index (κ1) is 14.3. The van der Waals surface area contributed by atoms with Crippen molar-refractivity contribution in [3.63, 3.8) is 0 Å². The van der Waals surface area contributed by atoms with Gasteiger partial charge in [-0.05, 0) is 12.1 Å². The molecule has 1 aliphatic rings. The van der Waals surface area contributed by atoms with E-state index in [-0.39, 0.29) is 18.2 Å². The molecular weight excluding hydrogens is 260 g/mol. The van der Waals surface area contributed by atoms with E-state index < -0.39 is 5.91 Å². The molecule has 0 spiro atoms. The molecule has 0 atom stereocenters. The van der Waals surface area contributed by atoms with Crippen molar-refractivity contribution in [1.82, 2.24) is 9.88 Å². The number of carbonyl (C=O) groups excluding carboxylic acids is 2. The molecule has 7 nitrogen and oxygen atoms in total. The third-order valence-corrected chi connectivity index (χ3v) is 3.26. The number of hydrogen-bond donors (Lipinski definition) is 1. The maximum absolute atomic E-state index is 11.7. The number of primary amides is 1. The molecule has 0 bridgehead atoms. The van der Waals surface area contributed by atoms with E-state index in [2.05, 4.69) is 9.88 Å². The molecule has 2 amide bonds. The number of amides is 2. The molecule has 0 unspecified atom stereocenters. The molecule has 2 heterocycles. The van der Waals surface area contributed by atoms with Gasteiger partial charge in [0, 0.05) is 45.2 Å². The second-order valence-corrected chi connectivity index (χ2v) is 4.56. The minimum Gasteiger partial charge on any atom is -0.375 e. The minimum absolute atomic E-state index is 0.000275. The maximum atomic E-state index is 11.7. The van der Waals surface area contributed by atoms with E-state index >= 15 is 0 Å². The fraction of sp³-hybridized carbons (Fsp3) is 0.462. The molecular formula is C13H18N4O3. The summed E-state index contributed by atoms with van der Waals surface area (Å²) in [6.07, 6.45) is 1.57. The number of carbonyl (C=O) groups is 2. The van der Waals surface area contributed by atoms with Crippen molar-refractivity contribution >= 4 is 17.5 Å². The summed E-state index contributed by atoms with van der Waals surface area (Å²) in [5.74, 6) is -0.541. The second kappa shape index (κ2) is 6.33. The highest BCUT2D eigenvalue weighted by Crippen LogP contribution is 2.16. The van der Waals surface area contributed by atoms with Crippen molar-refractivity contribution in [2.24, 2.45) is 5.73 Å². The van der Waals surface area contributed by atoms with Crippen molar-refractivity contribution in [3.8, 4) is 0 Å². The van der Waals surface area contributed by atoms with E-state index in [1.807, 2.05) is 6.07 Å². The Labute approximate surface area is 117 Å². The van der Waals surface area contributed by atoms with Crippen LogP contribution in [0.4, 0.5) is 5.69 Å². The Morgan fingerprint density at radius 2 is 2.05 bits per heavy atom. The van der Waals surface area contributed by atoms with Gasteiger partial charge in [-0.3, -0.25) is 14.6 Å². The predicted molar refractivity (Wildman–Crippen MR) is 73.4 cm³/mol. The average Bonchev–Trinajstić information content (AvgIpc) is 2.48. The topological polar surface area (TPSA) is 88.8 Å². The lowest BCUT2D eigenvalue weighted by molar-refractivity contribution is -0.135. The van der Waals surface area contributed by atoms with Gasteiger partial charge in [0.2, 0.25) is 5.91 Å². The first-order chi connectivity index (χ1) is 9.61. The smallest absolute Gasteiger partial charge is 0.267 e. The van der Waals surface area contributed by atoms with Crippen LogP contribution in [0, 0.1) is 0 Å². The molecule has 7 heteroatoms. The van der Waals surface area contributed by atoms with Crippen molar-refractivity contribution in [1.29, 1.82) is 0 Å². The number of hydrogen-bond acceptors (Lipinski definition) is 5. The number of piperazine rings is 1. The third kappa shape index (κ3) is 3.24. The van der Waals surface area contributed by atoms with Crippen LogP contribution in [-0.2, 0) is 9.53 Å². The van der Waals surface area contributed by atoms with Gasteiger partial charge in [0.25, 0.3) is 5.91 Å². The lowest BCUT2D eigenvalue weighted by Crippen LogP contribution is -2.49. The van der Waals surface area contributed by atoms with E-state index in [0.717, 1.165) is 5.69 Å². The van der Waals surface area contributed by atoms with Crippen LogP contribution in [0.2, 0.25) is 0 Å². The van der Waals surface area contributed by atoms with E-state index in [1.54, 1.807) is 17.2 Å². The Hall–Kier alpha value is -2.15. The van der Waals surface area contributed by atoms with Gasteiger partial charge >= 0.3 is 0 Å². The number of ether oxygens (including phenoxy) is 1. The number of anilines is 1. The molecule has 20 heavy (non-hydrogen) atoms. The summed E-state index contributed by atoms with van der Waals surface area (Å²) in [7, 11) is 1.51.